The molecule has 21 heavy (non-hydrogen) atoms. The van der Waals surface area contributed by atoms with Gasteiger partial charge in [0, 0.05) is 22.8 Å². The Morgan fingerprint density at radius 2 is 2.10 bits per heavy atom. The van der Waals surface area contributed by atoms with Gasteiger partial charge in [-0.3, -0.25) is 9.20 Å². The highest BCUT2D eigenvalue weighted by atomic mass is 32.1. The van der Waals surface area contributed by atoms with Crippen LogP contribution in [0, 0.1) is 0 Å². The highest BCUT2D eigenvalue weighted by molar-refractivity contribution is 7.15. The van der Waals surface area contributed by atoms with Crippen LogP contribution < -0.4 is 0 Å². The van der Waals surface area contributed by atoms with Gasteiger partial charge in [-0.05, 0) is 12.0 Å². The molecular weight excluding hydrogens is 284 g/mol. The average Bonchev–Trinajstić information content (AvgIpc) is 3.02. The first kappa shape index (κ1) is 13.8. The largest absolute Gasteiger partial charge is 0.481 e. The van der Waals surface area contributed by atoms with Gasteiger partial charge < -0.3 is 5.11 Å². The number of nitrogens with zero attached hydrogens (tertiary/aromatic N) is 2. The van der Waals surface area contributed by atoms with Crippen molar-refractivity contribution in [2.24, 2.45) is 0 Å². The molecule has 108 valence electrons. The Morgan fingerprint density at radius 1 is 1.33 bits per heavy atom. The molecule has 2 aromatic heterocycles. The maximum Gasteiger partial charge on any atom is 0.309 e. The number of thiazole rings is 1. The van der Waals surface area contributed by atoms with Crippen molar-refractivity contribution < 1.29 is 9.90 Å². The number of imidazole rings is 1. The van der Waals surface area contributed by atoms with E-state index in [4.69, 9.17) is 5.11 Å². The van der Waals surface area contributed by atoms with E-state index < -0.39 is 5.97 Å². The second kappa shape index (κ2) is 5.69. The predicted octanol–water partition coefficient (Wildman–Crippen LogP) is 3.64. The van der Waals surface area contributed by atoms with Crippen LogP contribution in [0.1, 0.15) is 24.6 Å². The first-order valence-corrected chi connectivity index (χ1v) is 7.82. The van der Waals surface area contributed by atoms with E-state index in [0.717, 1.165) is 34.8 Å². The summed E-state index contributed by atoms with van der Waals surface area (Å²) < 4.78 is 1.87. The van der Waals surface area contributed by atoms with Crippen molar-refractivity contribution in [3.63, 3.8) is 0 Å². The molecule has 0 saturated carbocycles. The second-order valence-corrected chi connectivity index (χ2v) is 5.86. The summed E-state index contributed by atoms with van der Waals surface area (Å²) in [6, 6.07) is 8.41. The molecule has 4 nitrogen and oxygen atoms in total. The van der Waals surface area contributed by atoms with Gasteiger partial charge >= 0.3 is 5.97 Å². The van der Waals surface area contributed by atoms with Gasteiger partial charge in [-0.25, -0.2) is 4.98 Å². The van der Waals surface area contributed by atoms with Crippen LogP contribution in [0.2, 0.25) is 0 Å². The zero-order valence-electron chi connectivity index (χ0n) is 11.7. The quantitative estimate of drug-likeness (QED) is 0.782. The van der Waals surface area contributed by atoms with E-state index in [9.17, 15) is 4.79 Å². The average molecular weight is 300 g/mol. The summed E-state index contributed by atoms with van der Waals surface area (Å²) in [5.41, 5.74) is 4.04. The molecule has 1 aromatic carbocycles. The van der Waals surface area contributed by atoms with Crippen LogP contribution in [0.4, 0.5) is 0 Å². The maximum atomic E-state index is 10.9. The van der Waals surface area contributed by atoms with Crippen LogP contribution in [0.15, 0.2) is 35.8 Å². The van der Waals surface area contributed by atoms with Gasteiger partial charge in [0.25, 0.3) is 0 Å². The van der Waals surface area contributed by atoms with Gasteiger partial charge in [0.2, 0.25) is 0 Å². The Bertz CT molecular complexity index is 771. The van der Waals surface area contributed by atoms with Gasteiger partial charge in [-0.2, -0.15) is 0 Å². The molecule has 0 atom stereocenters. The summed E-state index contributed by atoms with van der Waals surface area (Å²) >= 11 is 1.47. The number of carboxylic acid groups (broad SMARTS) is 1. The van der Waals surface area contributed by atoms with E-state index in [-0.39, 0.29) is 6.42 Å². The number of carboxylic acids is 1. The maximum absolute atomic E-state index is 10.9. The molecule has 0 saturated heterocycles. The molecule has 1 N–H and O–H groups in total. The Morgan fingerprint density at radius 3 is 2.76 bits per heavy atom. The second-order valence-electron chi connectivity index (χ2n) is 5.02. The lowest BCUT2D eigenvalue weighted by Crippen LogP contribution is -2.02. The van der Waals surface area contributed by atoms with Crippen LogP contribution in [0.5, 0.6) is 0 Å². The summed E-state index contributed by atoms with van der Waals surface area (Å²) in [4.78, 5) is 16.3. The van der Waals surface area contributed by atoms with E-state index in [1.54, 1.807) is 0 Å². The van der Waals surface area contributed by atoms with E-state index in [2.05, 4.69) is 36.2 Å². The first-order chi connectivity index (χ1) is 10.2. The number of carbonyl (C=O) groups is 1. The third kappa shape index (κ3) is 2.83. The molecule has 0 bridgehead atoms. The third-order valence-corrected chi connectivity index (χ3v) is 4.29. The lowest BCUT2D eigenvalue weighted by atomic mass is 10.1. The zero-order chi connectivity index (χ0) is 14.8. The lowest BCUT2D eigenvalue weighted by Gasteiger charge is -2.00. The van der Waals surface area contributed by atoms with Crippen LogP contribution in [-0.2, 0) is 17.6 Å². The Hall–Kier alpha value is -2.14. The molecule has 2 heterocycles. The molecular formula is C16H16N2O2S. The first-order valence-electron chi connectivity index (χ1n) is 6.94. The molecule has 0 radical (unpaired) electrons. The molecule has 0 aliphatic rings. The number of hydrogen-bond acceptors (Lipinski definition) is 3. The molecule has 0 aliphatic carbocycles. The van der Waals surface area contributed by atoms with Crippen molar-refractivity contribution in [1.82, 2.24) is 9.38 Å². The summed E-state index contributed by atoms with van der Waals surface area (Å²) in [6.07, 6.45) is 4.16. The molecule has 5 heteroatoms. The number of hydrogen-bond donors (Lipinski definition) is 1. The number of aryl methyl sites for hydroxylation is 1. The normalized spacial score (nSPS) is 11.1. The fraction of sp³-hybridized carbons (Fsp3) is 0.250. The van der Waals surface area contributed by atoms with Gasteiger partial charge in [0.15, 0.2) is 4.96 Å². The third-order valence-electron chi connectivity index (χ3n) is 3.40. The van der Waals surface area contributed by atoms with Gasteiger partial charge in [-0.15, -0.1) is 11.3 Å². The smallest absolute Gasteiger partial charge is 0.309 e. The number of aliphatic carboxylic acids is 1. The molecule has 0 spiro atoms. The number of rotatable bonds is 5. The van der Waals surface area contributed by atoms with Crippen molar-refractivity contribution >= 4 is 22.3 Å². The molecule has 0 aliphatic heterocycles. The number of aromatic nitrogens is 2. The Kier molecular flexibility index (Phi) is 3.75. The fourth-order valence-corrected chi connectivity index (χ4v) is 3.25. The molecule has 0 unspecified atom stereocenters. The van der Waals surface area contributed by atoms with E-state index >= 15 is 0 Å². The highest BCUT2D eigenvalue weighted by Crippen LogP contribution is 2.24. The summed E-state index contributed by atoms with van der Waals surface area (Å²) in [5, 5.41) is 10.8. The van der Waals surface area contributed by atoms with Crippen LogP contribution in [0.3, 0.4) is 0 Å². The minimum Gasteiger partial charge on any atom is -0.481 e. The molecule has 3 aromatic rings. The highest BCUT2D eigenvalue weighted by Gasteiger charge is 2.11. The molecule has 0 fully saturated rings. The lowest BCUT2D eigenvalue weighted by molar-refractivity contribution is -0.136. The molecule has 0 amide bonds. The van der Waals surface area contributed by atoms with Gasteiger partial charge in [0.05, 0.1) is 12.1 Å². The predicted molar refractivity (Wildman–Crippen MR) is 83.8 cm³/mol. The van der Waals surface area contributed by atoms with E-state index in [1.165, 1.54) is 16.9 Å². The Balaban J connectivity index is 1.93. The van der Waals surface area contributed by atoms with E-state index in [1.807, 2.05) is 16.0 Å². The summed E-state index contributed by atoms with van der Waals surface area (Å²) in [5.74, 6) is -0.825. The minimum atomic E-state index is -0.825. The van der Waals surface area contributed by atoms with Crippen LogP contribution in [0.25, 0.3) is 16.2 Å². The van der Waals surface area contributed by atoms with Gasteiger partial charge in [0.1, 0.15) is 0 Å². The van der Waals surface area contributed by atoms with Crippen molar-refractivity contribution in [3.8, 4) is 11.3 Å². The topological polar surface area (TPSA) is 54.6 Å². The van der Waals surface area contributed by atoms with Crippen molar-refractivity contribution in [3.05, 3.63) is 47.1 Å². The Labute approximate surface area is 126 Å². The monoisotopic (exact) mass is 300 g/mol. The standard InChI is InChI=1S/C16H16N2O2S/c1-2-3-11-4-6-12(7-5-11)14-9-18-13(8-15(19)20)10-21-16(18)17-14/h4-7,9-10H,2-3,8H2,1H3,(H,19,20). The van der Waals surface area contributed by atoms with Crippen molar-refractivity contribution in [1.29, 1.82) is 0 Å². The SMILES string of the molecule is CCCc1ccc(-c2cn3c(CC(=O)O)csc3n2)cc1. The fourth-order valence-electron chi connectivity index (χ4n) is 2.38. The van der Waals surface area contributed by atoms with Crippen LogP contribution in [-0.4, -0.2) is 20.5 Å². The van der Waals surface area contributed by atoms with Crippen LogP contribution >= 0.6 is 11.3 Å². The zero-order valence-corrected chi connectivity index (χ0v) is 12.6. The van der Waals surface area contributed by atoms with E-state index in [0.29, 0.717) is 0 Å². The van der Waals surface area contributed by atoms with Gasteiger partial charge in [-0.1, -0.05) is 37.6 Å². The summed E-state index contributed by atoms with van der Waals surface area (Å²) in [6.45, 7) is 2.17. The minimum absolute atomic E-state index is 0.0191. The number of benzene rings is 1. The van der Waals surface area contributed by atoms with Crippen molar-refractivity contribution in [2.45, 2.75) is 26.2 Å². The summed E-state index contributed by atoms with van der Waals surface area (Å²) in [7, 11) is 0. The molecule has 3 rings (SSSR count). The van der Waals surface area contributed by atoms with Crippen molar-refractivity contribution in [2.75, 3.05) is 0 Å². The number of fused-ring (bicyclic) bond motifs is 1.